The van der Waals surface area contributed by atoms with Gasteiger partial charge >= 0.3 is 6.18 Å². The largest absolute Gasteiger partial charge is 0.416 e. The first-order valence-electron chi connectivity index (χ1n) is 11.1. The van der Waals surface area contributed by atoms with Gasteiger partial charge in [-0.2, -0.15) is 13.2 Å². The van der Waals surface area contributed by atoms with Crippen LogP contribution in [0.3, 0.4) is 0 Å². The van der Waals surface area contributed by atoms with E-state index in [0.717, 1.165) is 23.6 Å². The lowest BCUT2D eigenvalue weighted by Gasteiger charge is -2.35. The van der Waals surface area contributed by atoms with E-state index in [-0.39, 0.29) is 12.3 Å². The molecule has 1 aliphatic heterocycles. The van der Waals surface area contributed by atoms with Crippen molar-refractivity contribution in [1.82, 2.24) is 14.9 Å². The number of nitrogens with one attached hydrogen (secondary N) is 1. The molecule has 2 heterocycles. The minimum Gasteiger partial charge on any atom is -0.353 e. The zero-order valence-electron chi connectivity index (χ0n) is 19.1. The van der Waals surface area contributed by atoms with E-state index in [1.807, 2.05) is 44.2 Å². The number of piperazine rings is 1. The van der Waals surface area contributed by atoms with Crippen molar-refractivity contribution in [3.05, 3.63) is 77.1 Å². The Labute approximate surface area is 196 Å². The third-order valence-electron chi connectivity index (χ3n) is 5.71. The summed E-state index contributed by atoms with van der Waals surface area (Å²) in [5.74, 6) is 1.91. The van der Waals surface area contributed by atoms with Crippen molar-refractivity contribution >= 4 is 23.2 Å². The number of carbonyl (C=O) groups is 1. The van der Waals surface area contributed by atoms with Crippen molar-refractivity contribution in [3.63, 3.8) is 0 Å². The Kier molecular flexibility index (Phi) is 6.72. The molecule has 0 spiro atoms. The maximum atomic E-state index is 12.9. The van der Waals surface area contributed by atoms with Crippen molar-refractivity contribution < 1.29 is 18.0 Å². The van der Waals surface area contributed by atoms with Gasteiger partial charge in [-0.05, 0) is 37.6 Å². The maximum Gasteiger partial charge on any atom is 0.416 e. The van der Waals surface area contributed by atoms with Crippen molar-refractivity contribution in [2.45, 2.75) is 26.4 Å². The third-order valence-corrected chi connectivity index (χ3v) is 5.71. The molecule has 0 atom stereocenters. The zero-order valence-corrected chi connectivity index (χ0v) is 19.1. The number of nitrogens with zero attached hydrogens (tertiary/aromatic N) is 4. The van der Waals surface area contributed by atoms with Crippen LogP contribution in [0, 0.1) is 13.8 Å². The number of hydrogen-bond donors (Lipinski definition) is 1. The lowest BCUT2D eigenvalue weighted by molar-refractivity contribution is -0.138. The van der Waals surface area contributed by atoms with Crippen molar-refractivity contribution in [2.24, 2.45) is 0 Å². The van der Waals surface area contributed by atoms with Crippen LogP contribution < -0.4 is 10.2 Å². The first kappa shape index (κ1) is 23.5. The Hall–Kier alpha value is -3.62. The predicted molar refractivity (Wildman–Crippen MR) is 125 cm³/mol. The first-order chi connectivity index (χ1) is 16.2. The van der Waals surface area contributed by atoms with Gasteiger partial charge in [-0.15, -0.1) is 0 Å². The molecule has 1 aromatic heterocycles. The van der Waals surface area contributed by atoms with Gasteiger partial charge in [0.1, 0.15) is 17.5 Å². The third kappa shape index (κ3) is 5.84. The van der Waals surface area contributed by atoms with Gasteiger partial charge in [0.2, 0.25) is 5.91 Å². The number of benzene rings is 2. The summed E-state index contributed by atoms with van der Waals surface area (Å²) in [7, 11) is 0. The van der Waals surface area contributed by atoms with Gasteiger partial charge in [0.25, 0.3) is 0 Å². The normalized spacial score (nSPS) is 14.3. The molecule has 1 amide bonds. The van der Waals surface area contributed by atoms with E-state index >= 15 is 0 Å². The highest BCUT2D eigenvalue weighted by molar-refractivity contribution is 5.79. The predicted octanol–water partition coefficient (Wildman–Crippen LogP) is 4.75. The van der Waals surface area contributed by atoms with Crippen LogP contribution in [-0.2, 0) is 17.4 Å². The highest BCUT2D eigenvalue weighted by Gasteiger charge is 2.31. The number of halogens is 3. The Morgan fingerprint density at radius 2 is 1.68 bits per heavy atom. The second-order valence-corrected chi connectivity index (χ2v) is 8.39. The summed E-state index contributed by atoms with van der Waals surface area (Å²) in [6.45, 7) is 5.96. The summed E-state index contributed by atoms with van der Waals surface area (Å²) >= 11 is 0. The van der Waals surface area contributed by atoms with E-state index in [4.69, 9.17) is 0 Å². The molecule has 6 nitrogen and oxygen atoms in total. The molecular weight excluding hydrogens is 443 g/mol. The lowest BCUT2D eigenvalue weighted by atomic mass is 10.1. The van der Waals surface area contributed by atoms with E-state index in [1.54, 1.807) is 11.0 Å². The number of hydrogen-bond acceptors (Lipinski definition) is 5. The van der Waals surface area contributed by atoms with Crippen LogP contribution in [0.1, 0.15) is 22.5 Å². The number of anilines is 3. The second-order valence-electron chi connectivity index (χ2n) is 8.39. The Bertz CT molecular complexity index is 1160. The molecule has 0 saturated carbocycles. The topological polar surface area (TPSA) is 61.4 Å². The number of aromatic nitrogens is 2. The monoisotopic (exact) mass is 469 g/mol. The number of aryl methyl sites for hydroxylation is 2. The van der Waals surface area contributed by atoms with Crippen molar-refractivity contribution in [1.29, 1.82) is 0 Å². The quantitative estimate of drug-likeness (QED) is 0.585. The number of rotatable bonds is 5. The molecule has 0 aliphatic carbocycles. The molecule has 2 aromatic carbocycles. The molecule has 0 unspecified atom stereocenters. The Balaban J connectivity index is 1.37. The van der Waals surface area contributed by atoms with Gasteiger partial charge in [0, 0.05) is 37.9 Å². The fourth-order valence-electron chi connectivity index (χ4n) is 3.89. The van der Waals surface area contributed by atoms with Gasteiger partial charge in [0.05, 0.1) is 12.0 Å². The van der Waals surface area contributed by atoms with Gasteiger partial charge in [-0.1, -0.05) is 35.9 Å². The summed E-state index contributed by atoms with van der Waals surface area (Å²) in [4.78, 5) is 25.5. The van der Waals surface area contributed by atoms with Gasteiger partial charge in [-0.3, -0.25) is 4.79 Å². The molecule has 1 saturated heterocycles. The van der Waals surface area contributed by atoms with Crippen LogP contribution in [0.25, 0.3) is 0 Å². The summed E-state index contributed by atoms with van der Waals surface area (Å²) in [6.07, 6.45) is -4.48. The van der Waals surface area contributed by atoms with Crippen LogP contribution >= 0.6 is 0 Å². The average Bonchev–Trinajstić information content (AvgIpc) is 2.80. The Morgan fingerprint density at radius 3 is 2.35 bits per heavy atom. The van der Waals surface area contributed by atoms with Crippen LogP contribution in [0.2, 0.25) is 0 Å². The average molecular weight is 470 g/mol. The standard InChI is InChI=1S/C25H26F3N5O/c1-17-6-8-21(9-7-17)31-22-16-23(30-18(2)29-22)32-10-12-33(13-11-32)24(34)15-19-4-3-5-20(14-19)25(26,27)28/h3-9,14,16H,10-13,15H2,1-2H3,(H,29,30,31). The Morgan fingerprint density at radius 1 is 0.971 bits per heavy atom. The minimum atomic E-state index is -4.42. The second kappa shape index (κ2) is 9.70. The molecule has 178 valence electrons. The molecular formula is C25H26F3N5O. The summed E-state index contributed by atoms with van der Waals surface area (Å²) in [5, 5.41) is 3.30. The van der Waals surface area contributed by atoms with Gasteiger partial charge < -0.3 is 15.1 Å². The molecule has 0 bridgehead atoms. The molecule has 1 N–H and O–H groups in total. The molecule has 4 rings (SSSR count). The molecule has 34 heavy (non-hydrogen) atoms. The molecule has 9 heteroatoms. The zero-order chi connectivity index (χ0) is 24.3. The minimum absolute atomic E-state index is 0.0544. The van der Waals surface area contributed by atoms with E-state index in [2.05, 4.69) is 20.2 Å². The first-order valence-corrected chi connectivity index (χ1v) is 11.1. The maximum absolute atomic E-state index is 12.9. The molecule has 3 aromatic rings. The van der Waals surface area contributed by atoms with Crippen LogP contribution in [0.4, 0.5) is 30.5 Å². The fraction of sp³-hybridized carbons (Fsp3) is 0.320. The van der Waals surface area contributed by atoms with E-state index < -0.39 is 11.7 Å². The van der Waals surface area contributed by atoms with Crippen LogP contribution in [-0.4, -0.2) is 47.0 Å². The van der Waals surface area contributed by atoms with Gasteiger partial charge in [-0.25, -0.2) is 9.97 Å². The summed E-state index contributed by atoms with van der Waals surface area (Å²) < 4.78 is 38.8. The SMILES string of the molecule is Cc1ccc(Nc2cc(N3CCN(C(=O)Cc4cccc(C(F)(F)F)c4)CC3)nc(C)n2)cc1. The number of alkyl halides is 3. The van der Waals surface area contributed by atoms with Crippen LogP contribution in [0.15, 0.2) is 54.6 Å². The fourth-order valence-corrected chi connectivity index (χ4v) is 3.89. The highest BCUT2D eigenvalue weighted by Crippen LogP contribution is 2.29. The smallest absolute Gasteiger partial charge is 0.353 e. The van der Waals surface area contributed by atoms with E-state index in [0.29, 0.717) is 43.4 Å². The lowest BCUT2D eigenvalue weighted by Crippen LogP contribution is -2.49. The summed E-state index contributed by atoms with van der Waals surface area (Å²) in [6, 6.07) is 14.8. The summed E-state index contributed by atoms with van der Waals surface area (Å²) in [5.41, 5.74) is 1.72. The highest BCUT2D eigenvalue weighted by atomic mass is 19.4. The number of carbonyl (C=O) groups excluding carboxylic acids is 1. The van der Waals surface area contributed by atoms with Gasteiger partial charge in [0.15, 0.2) is 0 Å². The molecule has 1 fully saturated rings. The molecule has 1 aliphatic rings. The van der Waals surface area contributed by atoms with E-state index in [1.165, 1.54) is 11.6 Å². The van der Waals surface area contributed by atoms with E-state index in [9.17, 15) is 18.0 Å². The molecule has 0 radical (unpaired) electrons. The van der Waals surface area contributed by atoms with Crippen molar-refractivity contribution in [3.8, 4) is 0 Å². The number of amides is 1. The van der Waals surface area contributed by atoms with Crippen LogP contribution in [0.5, 0.6) is 0 Å². The van der Waals surface area contributed by atoms with Crippen molar-refractivity contribution in [2.75, 3.05) is 36.4 Å².